The minimum atomic E-state index is 0.544. The molecule has 0 aliphatic rings. The quantitative estimate of drug-likeness (QED) is 0.782. The van der Waals surface area contributed by atoms with E-state index < -0.39 is 0 Å². The molecule has 1 aromatic heterocycles. The van der Waals surface area contributed by atoms with E-state index in [-0.39, 0.29) is 0 Å². The first kappa shape index (κ1) is 12.4. The normalized spacial score (nSPS) is 10.5. The van der Waals surface area contributed by atoms with Crippen molar-refractivity contribution in [2.24, 2.45) is 0 Å². The third kappa shape index (κ3) is 2.79. The smallest absolute Gasteiger partial charge is 0.0798 e. The van der Waals surface area contributed by atoms with Crippen LogP contribution in [0.25, 0.3) is 0 Å². The van der Waals surface area contributed by atoms with Crippen LogP contribution in [-0.4, -0.2) is 12.0 Å². The molecular weight excluding hydrogens is 252 g/mol. The van der Waals surface area contributed by atoms with Crippen molar-refractivity contribution in [2.45, 2.75) is 19.3 Å². The molecule has 0 amide bonds. The van der Waals surface area contributed by atoms with Crippen LogP contribution in [0.2, 0.25) is 0 Å². The number of aromatic nitrogens is 1. The largest absolute Gasteiger partial charge is 0.369 e. The van der Waals surface area contributed by atoms with E-state index in [1.165, 1.54) is 16.1 Å². The second kappa shape index (κ2) is 5.52. The highest BCUT2D eigenvalue weighted by atomic mass is 35.5. The molecule has 0 unspecified atom stereocenters. The molecule has 2 nitrogen and oxygen atoms in total. The summed E-state index contributed by atoms with van der Waals surface area (Å²) >= 11 is 7.65. The fraction of sp³-hybridized carbons (Fsp3) is 0.308. The number of para-hydroxylation sites is 1. The minimum Gasteiger partial charge on any atom is -0.369 e. The van der Waals surface area contributed by atoms with E-state index in [0.717, 1.165) is 12.2 Å². The van der Waals surface area contributed by atoms with E-state index in [0.29, 0.717) is 5.88 Å². The van der Waals surface area contributed by atoms with Gasteiger partial charge in [-0.05, 0) is 18.6 Å². The Kier molecular flexibility index (Phi) is 4.02. The Balaban J connectivity index is 2.20. The van der Waals surface area contributed by atoms with E-state index >= 15 is 0 Å². The molecule has 0 saturated heterocycles. The predicted octanol–water partition coefficient (Wildman–Crippen LogP) is 3.83. The Morgan fingerprint density at radius 3 is 2.76 bits per heavy atom. The Morgan fingerprint density at radius 1 is 1.35 bits per heavy atom. The average molecular weight is 267 g/mol. The van der Waals surface area contributed by atoms with E-state index in [9.17, 15) is 0 Å². The SMILES string of the molecule is Cc1ncsc1CN(C)c1ccccc1CCl. The summed E-state index contributed by atoms with van der Waals surface area (Å²) in [6.45, 7) is 2.93. The summed E-state index contributed by atoms with van der Waals surface area (Å²) in [4.78, 5) is 7.79. The van der Waals surface area contributed by atoms with Crippen LogP contribution in [0.5, 0.6) is 0 Å². The van der Waals surface area contributed by atoms with Crippen LogP contribution in [0, 0.1) is 6.92 Å². The van der Waals surface area contributed by atoms with Gasteiger partial charge in [-0.25, -0.2) is 4.98 Å². The van der Waals surface area contributed by atoms with Crippen molar-refractivity contribution in [1.29, 1.82) is 0 Å². The molecule has 0 atom stereocenters. The molecule has 0 fully saturated rings. The van der Waals surface area contributed by atoms with E-state index in [1.807, 2.05) is 24.6 Å². The predicted molar refractivity (Wildman–Crippen MR) is 75.0 cm³/mol. The number of thiazole rings is 1. The third-order valence-electron chi connectivity index (χ3n) is 2.77. The molecule has 0 saturated carbocycles. The van der Waals surface area contributed by atoms with Gasteiger partial charge in [-0.15, -0.1) is 22.9 Å². The Hall–Kier alpha value is -1.06. The van der Waals surface area contributed by atoms with Crippen molar-refractivity contribution >= 4 is 28.6 Å². The maximum atomic E-state index is 5.95. The zero-order valence-electron chi connectivity index (χ0n) is 9.98. The van der Waals surface area contributed by atoms with Crippen molar-refractivity contribution in [2.75, 3.05) is 11.9 Å². The number of hydrogen-bond donors (Lipinski definition) is 0. The molecule has 0 radical (unpaired) electrons. The number of benzene rings is 1. The molecule has 0 aliphatic heterocycles. The van der Waals surface area contributed by atoms with Crippen molar-refractivity contribution in [3.05, 3.63) is 45.9 Å². The molecule has 1 heterocycles. The van der Waals surface area contributed by atoms with Crippen molar-refractivity contribution < 1.29 is 0 Å². The molecule has 90 valence electrons. The zero-order chi connectivity index (χ0) is 12.3. The molecule has 2 aromatic rings. The highest BCUT2D eigenvalue weighted by Gasteiger charge is 2.09. The van der Waals surface area contributed by atoms with Gasteiger partial charge in [0.1, 0.15) is 0 Å². The molecule has 0 aliphatic carbocycles. The van der Waals surface area contributed by atoms with Crippen LogP contribution in [-0.2, 0) is 12.4 Å². The summed E-state index contributed by atoms with van der Waals surface area (Å²) in [6.07, 6.45) is 0. The Bertz CT molecular complexity index is 496. The highest BCUT2D eigenvalue weighted by Crippen LogP contribution is 2.24. The summed E-state index contributed by atoms with van der Waals surface area (Å²) in [5.74, 6) is 0.544. The van der Waals surface area contributed by atoms with E-state index in [4.69, 9.17) is 11.6 Å². The second-order valence-corrected chi connectivity index (χ2v) is 5.19. The van der Waals surface area contributed by atoms with Crippen LogP contribution in [0.4, 0.5) is 5.69 Å². The van der Waals surface area contributed by atoms with Crippen molar-refractivity contribution in [3.8, 4) is 0 Å². The van der Waals surface area contributed by atoms with Crippen molar-refractivity contribution in [3.63, 3.8) is 0 Å². The van der Waals surface area contributed by atoms with Gasteiger partial charge in [0.2, 0.25) is 0 Å². The number of alkyl halides is 1. The van der Waals surface area contributed by atoms with Gasteiger partial charge in [-0.1, -0.05) is 18.2 Å². The van der Waals surface area contributed by atoms with Gasteiger partial charge in [0, 0.05) is 23.5 Å². The zero-order valence-corrected chi connectivity index (χ0v) is 11.6. The number of rotatable bonds is 4. The van der Waals surface area contributed by atoms with Gasteiger partial charge in [-0.3, -0.25) is 0 Å². The minimum absolute atomic E-state index is 0.544. The van der Waals surface area contributed by atoms with Crippen LogP contribution in [0.15, 0.2) is 29.8 Å². The van der Waals surface area contributed by atoms with Crippen molar-refractivity contribution in [1.82, 2.24) is 4.98 Å². The van der Waals surface area contributed by atoms with Gasteiger partial charge < -0.3 is 4.90 Å². The summed E-state index contributed by atoms with van der Waals surface area (Å²) in [5, 5.41) is 0. The van der Waals surface area contributed by atoms with Gasteiger partial charge in [-0.2, -0.15) is 0 Å². The average Bonchev–Trinajstić information content (AvgIpc) is 2.75. The fourth-order valence-electron chi connectivity index (χ4n) is 1.77. The summed E-state index contributed by atoms with van der Waals surface area (Å²) < 4.78 is 0. The number of anilines is 1. The second-order valence-electron chi connectivity index (χ2n) is 3.98. The summed E-state index contributed by atoms with van der Waals surface area (Å²) in [6, 6.07) is 8.24. The highest BCUT2D eigenvalue weighted by molar-refractivity contribution is 7.09. The van der Waals surface area contributed by atoms with E-state index in [1.54, 1.807) is 11.3 Å². The lowest BCUT2D eigenvalue weighted by molar-refractivity contribution is 0.919. The maximum absolute atomic E-state index is 5.95. The first-order valence-electron chi connectivity index (χ1n) is 5.46. The van der Waals surface area contributed by atoms with Crippen LogP contribution in [0.1, 0.15) is 16.1 Å². The third-order valence-corrected chi connectivity index (χ3v) is 3.98. The lowest BCUT2D eigenvalue weighted by Gasteiger charge is -2.21. The summed E-state index contributed by atoms with van der Waals surface area (Å²) in [5.41, 5.74) is 5.37. The fourth-order valence-corrected chi connectivity index (χ4v) is 2.83. The molecule has 2 rings (SSSR count). The molecule has 4 heteroatoms. The van der Waals surface area contributed by atoms with Gasteiger partial charge in [0.25, 0.3) is 0 Å². The summed E-state index contributed by atoms with van der Waals surface area (Å²) in [7, 11) is 2.09. The lowest BCUT2D eigenvalue weighted by Crippen LogP contribution is -2.17. The van der Waals surface area contributed by atoms with Gasteiger partial charge >= 0.3 is 0 Å². The maximum Gasteiger partial charge on any atom is 0.0798 e. The van der Waals surface area contributed by atoms with Crippen LogP contribution in [0.3, 0.4) is 0 Å². The molecule has 17 heavy (non-hydrogen) atoms. The number of halogens is 1. The Morgan fingerprint density at radius 2 is 2.12 bits per heavy atom. The molecule has 0 spiro atoms. The first-order valence-corrected chi connectivity index (χ1v) is 6.87. The topological polar surface area (TPSA) is 16.1 Å². The van der Waals surface area contributed by atoms with Crippen LogP contribution < -0.4 is 4.90 Å². The van der Waals surface area contributed by atoms with Gasteiger partial charge in [0.05, 0.1) is 17.7 Å². The first-order chi connectivity index (χ1) is 8.22. The number of hydrogen-bond acceptors (Lipinski definition) is 3. The standard InChI is InChI=1S/C13H15ClN2S/c1-10-13(17-9-15-10)8-16(2)12-6-4-3-5-11(12)7-14/h3-6,9H,7-8H2,1-2H3. The molecule has 0 N–H and O–H groups in total. The van der Waals surface area contributed by atoms with Gasteiger partial charge in [0.15, 0.2) is 0 Å². The molecule has 0 bridgehead atoms. The van der Waals surface area contributed by atoms with Crippen LogP contribution >= 0.6 is 22.9 Å². The monoisotopic (exact) mass is 266 g/mol. The Labute approximate surface area is 111 Å². The number of aryl methyl sites for hydroxylation is 1. The van der Waals surface area contributed by atoms with E-state index in [2.05, 4.69) is 29.1 Å². The molecule has 1 aromatic carbocycles. The molecular formula is C13H15ClN2S. The number of nitrogens with zero attached hydrogens (tertiary/aromatic N) is 2. The lowest BCUT2D eigenvalue weighted by atomic mass is 10.2.